The molecule has 1 heterocycles. The quantitative estimate of drug-likeness (QED) is 0.835. The number of rotatable bonds is 3. The van der Waals surface area contributed by atoms with E-state index >= 15 is 0 Å². The fourth-order valence-corrected chi connectivity index (χ4v) is 1.90. The lowest BCUT2D eigenvalue weighted by Gasteiger charge is -2.15. The summed E-state index contributed by atoms with van der Waals surface area (Å²) in [4.78, 5) is 14.2. The first-order chi connectivity index (χ1) is 11.0. The average molecular weight is 351 g/mol. The number of pyridine rings is 1. The van der Waals surface area contributed by atoms with Crippen LogP contribution in [0.5, 0.6) is 5.75 Å². The van der Waals surface area contributed by atoms with Crippen LogP contribution in [0.2, 0.25) is 0 Å². The van der Waals surface area contributed by atoms with Crippen molar-refractivity contribution in [3.05, 3.63) is 47.8 Å². The lowest BCUT2D eigenvalue weighted by Crippen LogP contribution is -2.18. The number of carboxylic acid groups (broad SMARTS) is 1. The van der Waals surface area contributed by atoms with Gasteiger partial charge in [-0.3, -0.25) is 0 Å². The number of carbonyl (C=O) groups is 1. The van der Waals surface area contributed by atoms with E-state index in [2.05, 4.69) is 9.72 Å². The first-order valence-corrected chi connectivity index (χ1v) is 6.16. The molecule has 1 aromatic heterocycles. The van der Waals surface area contributed by atoms with Crippen LogP contribution in [0.1, 0.15) is 16.2 Å². The second-order valence-electron chi connectivity index (χ2n) is 4.44. The summed E-state index contributed by atoms with van der Waals surface area (Å²) in [5, 5.41) is 9.05. The highest BCUT2D eigenvalue weighted by Crippen LogP contribution is 2.36. The van der Waals surface area contributed by atoms with Gasteiger partial charge in [0.15, 0.2) is 5.69 Å². The molecule has 0 aliphatic heterocycles. The molecule has 0 spiro atoms. The Labute approximate surface area is 130 Å². The Balaban J connectivity index is 2.63. The van der Waals surface area contributed by atoms with E-state index < -0.39 is 41.2 Å². The Morgan fingerprint density at radius 3 is 2.12 bits per heavy atom. The van der Waals surface area contributed by atoms with Crippen LogP contribution >= 0.6 is 0 Å². The van der Waals surface area contributed by atoms with Gasteiger partial charge >= 0.3 is 18.5 Å². The molecule has 24 heavy (non-hydrogen) atoms. The number of para-hydroxylation sites is 1. The number of aromatic nitrogens is 1. The van der Waals surface area contributed by atoms with Crippen LogP contribution in [0.4, 0.5) is 26.3 Å². The number of alkyl halides is 6. The van der Waals surface area contributed by atoms with Gasteiger partial charge in [0.1, 0.15) is 11.4 Å². The summed E-state index contributed by atoms with van der Waals surface area (Å²) in [6.07, 6.45) is -9.95. The van der Waals surface area contributed by atoms with Crippen molar-refractivity contribution in [1.29, 1.82) is 0 Å². The first-order valence-electron chi connectivity index (χ1n) is 6.16. The van der Waals surface area contributed by atoms with E-state index in [0.717, 1.165) is 18.2 Å². The van der Waals surface area contributed by atoms with Gasteiger partial charge in [-0.2, -0.15) is 13.2 Å². The fraction of sp³-hybridized carbons (Fsp3) is 0.143. The van der Waals surface area contributed by atoms with Gasteiger partial charge in [0.05, 0.1) is 0 Å². The number of halogens is 6. The molecule has 0 atom stereocenters. The third-order valence-corrected chi connectivity index (χ3v) is 2.79. The molecule has 0 fully saturated rings. The first kappa shape index (κ1) is 17.6. The van der Waals surface area contributed by atoms with E-state index in [-0.39, 0.29) is 5.56 Å². The van der Waals surface area contributed by atoms with Crippen molar-refractivity contribution in [2.45, 2.75) is 12.5 Å². The summed E-state index contributed by atoms with van der Waals surface area (Å²) < 4.78 is 78.9. The normalized spacial score (nSPS) is 12.1. The largest absolute Gasteiger partial charge is 0.573 e. The highest BCUT2D eigenvalue weighted by molar-refractivity contribution is 5.95. The maximum absolute atomic E-state index is 12.6. The molecule has 0 saturated carbocycles. The molecular weight excluding hydrogens is 344 g/mol. The minimum absolute atomic E-state index is 0.353. The monoisotopic (exact) mass is 351 g/mol. The van der Waals surface area contributed by atoms with Crippen molar-refractivity contribution in [2.24, 2.45) is 0 Å². The molecule has 0 aliphatic rings. The van der Waals surface area contributed by atoms with Crippen molar-refractivity contribution in [3.63, 3.8) is 0 Å². The Kier molecular flexibility index (Phi) is 4.41. The molecule has 10 heteroatoms. The van der Waals surface area contributed by atoms with E-state index in [9.17, 15) is 31.1 Å². The number of hydrogen-bond donors (Lipinski definition) is 1. The van der Waals surface area contributed by atoms with Gasteiger partial charge in [-0.15, -0.1) is 13.2 Å². The molecule has 1 N–H and O–H groups in total. The summed E-state index contributed by atoms with van der Waals surface area (Å²) >= 11 is 0. The molecule has 0 saturated heterocycles. The predicted molar refractivity (Wildman–Crippen MR) is 68.3 cm³/mol. The molecule has 128 valence electrons. The van der Waals surface area contributed by atoms with E-state index in [1.54, 1.807) is 0 Å². The van der Waals surface area contributed by atoms with Gasteiger partial charge in [0.2, 0.25) is 0 Å². The van der Waals surface area contributed by atoms with Gasteiger partial charge in [0.25, 0.3) is 0 Å². The number of carboxylic acids is 1. The number of nitrogens with zero attached hydrogens (tertiary/aromatic N) is 1. The Bertz CT molecular complexity index is 770. The van der Waals surface area contributed by atoms with Crippen molar-refractivity contribution in [1.82, 2.24) is 4.98 Å². The summed E-state index contributed by atoms with van der Waals surface area (Å²) in [6.45, 7) is 0. The van der Waals surface area contributed by atoms with Crippen LogP contribution in [0.25, 0.3) is 11.1 Å². The molecule has 1 aromatic carbocycles. The lowest BCUT2D eigenvalue weighted by molar-refractivity contribution is -0.274. The lowest BCUT2D eigenvalue weighted by atomic mass is 10.0. The SMILES string of the molecule is O=C(O)c1nc(C(F)(F)F)ccc1-c1ccccc1OC(F)(F)F. The van der Waals surface area contributed by atoms with Crippen LogP contribution in [0.3, 0.4) is 0 Å². The third-order valence-electron chi connectivity index (χ3n) is 2.79. The van der Waals surface area contributed by atoms with E-state index in [1.165, 1.54) is 12.1 Å². The smallest absolute Gasteiger partial charge is 0.476 e. The summed E-state index contributed by atoms with van der Waals surface area (Å²) in [5.41, 5.74) is -3.30. The van der Waals surface area contributed by atoms with E-state index in [0.29, 0.717) is 6.07 Å². The van der Waals surface area contributed by atoms with Crippen molar-refractivity contribution >= 4 is 5.97 Å². The molecule has 0 radical (unpaired) electrons. The third kappa shape index (κ3) is 3.94. The van der Waals surface area contributed by atoms with Crippen molar-refractivity contribution in [2.75, 3.05) is 0 Å². The van der Waals surface area contributed by atoms with Crippen LogP contribution in [-0.2, 0) is 6.18 Å². The number of hydrogen-bond acceptors (Lipinski definition) is 3. The van der Waals surface area contributed by atoms with Crippen molar-refractivity contribution in [3.8, 4) is 16.9 Å². The average Bonchev–Trinajstić information content (AvgIpc) is 2.44. The summed E-state index contributed by atoms with van der Waals surface area (Å²) in [5.74, 6) is -2.58. The van der Waals surface area contributed by atoms with E-state index in [4.69, 9.17) is 5.11 Å². The van der Waals surface area contributed by atoms with Gasteiger partial charge in [-0.1, -0.05) is 18.2 Å². The maximum atomic E-state index is 12.6. The highest BCUT2D eigenvalue weighted by Gasteiger charge is 2.35. The topological polar surface area (TPSA) is 59.4 Å². The Morgan fingerprint density at radius 2 is 1.58 bits per heavy atom. The number of aromatic carboxylic acids is 1. The van der Waals surface area contributed by atoms with Gasteiger partial charge in [-0.25, -0.2) is 9.78 Å². The summed E-state index contributed by atoms with van der Waals surface area (Å²) in [7, 11) is 0. The molecule has 0 aliphatic carbocycles. The molecule has 0 bridgehead atoms. The zero-order valence-electron chi connectivity index (χ0n) is 11.4. The fourth-order valence-electron chi connectivity index (χ4n) is 1.90. The molecule has 0 unspecified atom stereocenters. The standard InChI is InChI=1S/C14H7F6NO3/c15-13(16,17)10-6-5-8(11(21-10)12(22)23)7-3-1-2-4-9(7)24-14(18,19)20/h1-6H,(H,22,23). The summed E-state index contributed by atoms with van der Waals surface area (Å²) in [6, 6.07) is 5.68. The minimum atomic E-state index is -5.06. The number of ether oxygens (including phenoxy) is 1. The van der Waals surface area contributed by atoms with Gasteiger partial charge < -0.3 is 9.84 Å². The second kappa shape index (κ2) is 6.02. The predicted octanol–water partition coefficient (Wildman–Crippen LogP) is 4.36. The second-order valence-corrected chi connectivity index (χ2v) is 4.44. The zero-order chi connectivity index (χ0) is 18.1. The maximum Gasteiger partial charge on any atom is 0.573 e. The van der Waals surface area contributed by atoms with Crippen LogP contribution in [-0.4, -0.2) is 22.4 Å². The Hall–Kier alpha value is -2.78. The van der Waals surface area contributed by atoms with E-state index in [1.807, 2.05) is 0 Å². The van der Waals surface area contributed by atoms with Gasteiger partial charge in [0, 0.05) is 11.1 Å². The number of benzene rings is 1. The Morgan fingerprint density at radius 1 is 0.958 bits per heavy atom. The molecular formula is C14H7F6NO3. The highest BCUT2D eigenvalue weighted by atomic mass is 19.4. The molecule has 0 amide bonds. The zero-order valence-corrected chi connectivity index (χ0v) is 11.4. The molecule has 4 nitrogen and oxygen atoms in total. The molecule has 2 aromatic rings. The minimum Gasteiger partial charge on any atom is -0.476 e. The van der Waals surface area contributed by atoms with Crippen LogP contribution < -0.4 is 4.74 Å². The van der Waals surface area contributed by atoms with Gasteiger partial charge in [-0.05, 0) is 18.2 Å². The van der Waals surface area contributed by atoms with Crippen LogP contribution in [0, 0.1) is 0 Å². The van der Waals surface area contributed by atoms with Crippen LogP contribution in [0.15, 0.2) is 36.4 Å². The molecule has 2 rings (SSSR count). The van der Waals surface area contributed by atoms with Crippen molar-refractivity contribution < 1.29 is 41.0 Å².